The SMILES string of the molecule is CCC(CCO)CNCc1c(CO)cnc(C)c1O. The molecule has 1 aromatic heterocycles. The van der Waals surface area contributed by atoms with Crippen LogP contribution in [0.3, 0.4) is 0 Å². The Morgan fingerprint density at radius 3 is 2.68 bits per heavy atom. The zero-order chi connectivity index (χ0) is 14.3. The lowest BCUT2D eigenvalue weighted by Gasteiger charge is -2.16. The summed E-state index contributed by atoms with van der Waals surface area (Å²) >= 11 is 0. The number of nitrogens with zero attached hydrogens (tertiary/aromatic N) is 1. The minimum absolute atomic E-state index is 0.133. The van der Waals surface area contributed by atoms with Gasteiger partial charge in [0.15, 0.2) is 0 Å². The van der Waals surface area contributed by atoms with E-state index in [4.69, 9.17) is 5.11 Å². The van der Waals surface area contributed by atoms with Crippen molar-refractivity contribution >= 4 is 0 Å². The minimum Gasteiger partial charge on any atom is -0.506 e. The fraction of sp³-hybridized carbons (Fsp3) is 0.643. The van der Waals surface area contributed by atoms with Gasteiger partial charge in [-0.3, -0.25) is 4.98 Å². The first-order chi connectivity index (χ1) is 9.13. The normalized spacial score (nSPS) is 12.6. The Morgan fingerprint density at radius 2 is 2.11 bits per heavy atom. The van der Waals surface area contributed by atoms with Crippen molar-refractivity contribution in [3.8, 4) is 5.75 Å². The van der Waals surface area contributed by atoms with Gasteiger partial charge in [0.05, 0.1) is 12.3 Å². The second-order valence-corrected chi connectivity index (χ2v) is 4.77. The molecular weight excluding hydrogens is 244 g/mol. The van der Waals surface area contributed by atoms with Crippen LogP contribution >= 0.6 is 0 Å². The average Bonchev–Trinajstić information content (AvgIpc) is 2.42. The summed E-state index contributed by atoms with van der Waals surface area (Å²) in [6.45, 7) is 5.17. The molecule has 1 aromatic rings. The predicted octanol–water partition coefficient (Wildman–Crippen LogP) is 1.09. The van der Waals surface area contributed by atoms with Crippen molar-refractivity contribution in [1.29, 1.82) is 0 Å². The highest BCUT2D eigenvalue weighted by Gasteiger charge is 2.12. The number of aromatic nitrogens is 1. The van der Waals surface area contributed by atoms with E-state index >= 15 is 0 Å². The molecule has 0 bridgehead atoms. The molecule has 19 heavy (non-hydrogen) atoms. The number of aromatic hydroxyl groups is 1. The van der Waals surface area contributed by atoms with Crippen LogP contribution in [0, 0.1) is 12.8 Å². The number of aliphatic hydroxyl groups excluding tert-OH is 2. The van der Waals surface area contributed by atoms with Crippen molar-refractivity contribution in [3.63, 3.8) is 0 Å². The van der Waals surface area contributed by atoms with Crippen LogP contribution in [0.1, 0.15) is 36.6 Å². The summed E-state index contributed by atoms with van der Waals surface area (Å²) in [4.78, 5) is 4.03. The predicted molar refractivity (Wildman–Crippen MR) is 73.8 cm³/mol. The van der Waals surface area contributed by atoms with E-state index in [9.17, 15) is 10.2 Å². The first kappa shape index (κ1) is 15.9. The maximum Gasteiger partial charge on any atom is 0.141 e. The summed E-state index contributed by atoms with van der Waals surface area (Å²) in [5.74, 6) is 0.571. The third-order valence-corrected chi connectivity index (χ3v) is 3.45. The molecule has 0 aliphatic carbocycles. The molecule has 1 unspecified atom stereocenters. The maximum atomic E-state index is 9.98. The maximum absolute atomic E-state index is 9.98. The summed E-state index contributed by atoms with van der Waals surface area (Å²) in [7, 11) is 0. The van der Waals surface area contributed by atoms with Gasteiger partial charge in [0, 0.05) is 30.5 Å². The highest BCUT2D eigenvalue weighted by Crippen LogP contribution is 2.23. The fourth-order valence-electron chi connectivity index (χ4n) is 2.05. The lowest BCUT2D eigenvalue weighted by atomic mass is 10.0. The van der Waals surface area contributed by atoms with Crippen LogP contribution in [0.2, 0.25) is 0 Å². The number of nitrogens with one attached hydrogen (secondary N) is 1. The van der Waals surface area contributed by atoms with Crippen LogP contribution in [0.5, 0.6) is 5.75 Å². The first-order valence-electron chi connectivity index (χ1n) is 6.72. The van der Waals surface area contributed by atoms with Crippen LogP contribution in [-0.4, -0.2) is 33.5 Å². The molecule has 0 spiro atoms. The molecule has 0 aliphatic rings. The summed E-state index contributed by atoms with van der Waals surface area (Å²) in [6.07, 6.45) is 3.37. The summed E-state index contributed by atoms with van der Waals surface area (Å²) < 4.78 is 0. The monoisotopic (exact) mass is 268 g/mol. The largest absolute Gasteiger partial charge is 0.506 e. The van der Waals surface area contributed by atoms with Gasteiger partial charge in [-0.25, -0.2) is 0 Å². The number of pyridine rings is 1. The fourth-order valence-corrected chi connectivity index (χ4v) is 2.05. The van der Waals surface area contributed by atoms with Gasteiger partial charge in [0.2, 0.25) is 0 Å². The van der Waals surface area contributed by atoms with Crippen molar-refractivity contribution in [2.45, 2.75) is 39.8 Å². The van der Waals surface area contributed by atoms with Crippen LogP contribution in [0.25, 0.3) is 0 Å². The van der Waals surface area contributed by atoms with Crippen LogP contribution < -0.4 is 5.32 Å². The van der Waals surface area contributed by atoms with E-state index in [1.54, 1.807) is 13.1 Å². The number of hydrogen-bond acceptors (Lipinski definition) is 5. The van der Waals surface area contributed by atoms with Crippen molar-refractivity contribution in [2.24, 2.45) is 5.92 Å². The number of hydrogen-bond donors (Lipinski definition) is 4. The third kappa shape index (κ3) is 4.45. The molecule has 1 rings (SSSR count). The van der Waals surface area contributed by atoms with Gasteiger partial charge in [-0.2, -0.15) is 0 Å². The average molecular weight is 268 g/mol. The van der Waals surface area contributed by atoms with Crippen LogP contribution in [-0.2, 0) is 13.2 Å². The quantitative estimate of drug-likeness (QED) is 0.567. The molecule has 1 atom stereocenters. The number of aliphatic hydroxyl groups is 2. The lowest BCUT2D eigenvalue weighted by Crippen LogP contribution is -2.23. The zero-order valence-corrected chi connectivity index (χ0v) is 11.7. The molecule has 0 amide bonds. The van der Waals surface area contributed by atoms with Crippen LogP contribution in [0.15, 0.2) is 6.20 Å². The van der Waals surface area contributed by atoms with Gasteiger partial charge in [0.25, 0.3) is 0 Å². The molecule has 0 aliphatic heterocycles. The standard InChI is InChI=1S/C14H24N2O3/c1-3-11(4-5-17)6-15-8-13-12(9-18)7-16-10(2)14(13)19/h7,11,15,17-19H,3-6,8-9H2,1-2H3. The molecule has 1 heterocycles. The topological polar surface area (TPSA) is 85.6 Å². The molecule has 0 aromatic carbocycles. The van der Waals surface area contributed by atoms with Gasteiger partial charge in [-0.1, -0.05) is 13.3 Å². The summed E-state index contributed by atoms with van der Waals surface area (Å²) in [6, 6.07) is 0. The van der Waals surface area contributed by atoms with Gasteiger partial charge >= 0.3 is 0 Å². The van der Waals surface area contributed by atoms with Gasteiger partial charge < -0.3 is 20.6 Å². The first-order valence-corrected chi connectivity index (χ1v) is 6.72. The Morgan fingerprint density at radius 1 is 1.37 bits per heavy atom. The van der Waals surface area contributed by atoms with Crippen molar-refractivity contribution in [1.82, 2.24) is 10.3 Å². The van der Waals surface area contributed by atoms with E-state index in [2.05, 4.69) is 17.2 Å². The summed E-state index contributed by atoms with van der Waals surface area (Å²) in [5.41, 5.74) is 1.91. The van der Waals surface area contributed by atoms with Crippen molar-refractivity contribution in [2.75, 3.05) is 13.2 Å². The Kier molecular flexibility index (Phi) is 6.77. The van der Waals surface area contributed by atoms with Crippen LogP contribution in [0.4, 0.5) is 0 Å². The molecular formula is C14H24N2O3. The molecule has 4 N–H and O–H groups in total. The van der Waals surface area contributed by atoms with E-state index in [0.717, 1.165) is 19.4 Å². The Bertz CT molecular complexity index is 397. The Hall–Kier alpha value is -1.17. The van der Waals surface area contributed by atoms with Gasteiger partial charge in [0.1, 0.15) is 5.75 Å². The Balaban J connectivity index is 2.64. The molecule has 0 radical (unpaired) electrons. The number of rotatable bonds is 8. The van der Waals surface area contributed by atoms with E-state index in [1.165, 1.54) is 0 Å². The minimum atomic E-state index is -0.133. The molecule has 5 nitrogen and oxygen atoms in total. The highest BCUT2D eigenvalue weighted by molar-refractivity contribution is 5.40. The smallest absolute Gasteiger partial charge is 0.141 e. The summed E-state index contributed by atoms with van der Waals surface area (Å²) in [5, 5.41) is 31.5. The molecule has 0 saturated heterocycles. The van der Waals surface area contributed by atoms with Crippen molar-refractivity contribution in [3.05, 3.63) is 23.0 Å². The van der Waals surface area contributed by atoms with E-state index in [0.29, 0.717) is 29.3 Å². The van der Waals surface area contributed by atoms with Gasteiger partial charge in [-0.05, 0) is 25.8 Å². The lowest BCUT2D eigenvalue weighted by molar-refractivity contribution is 0.250. The second kappa shape index (κ2) is 8.09. The molecule has 0 saturated carbocycles. The Labute approximate surface area is 114 Å². The zero-order valence-electron chi connectivity index (χ0n) is 11.7. The molecule has 5 heteroatoms. The van der Waals surface area contributed by atoms with E-state index in [-0.39, 0.29) is 19.0 Å². The van der Waals surface area contributed by atoms with E-state index < -0.39 is 0 Å². The van der Waals surface area contributed by atoms with E-state index in [1.807, 2.05) is 0 Å². The molecule has 0 fully saturated rings. The molecule has 108 valence electrons. The third-order valence-electron chi connectivity index (χ3n) is 3.45. The van der Waals surface area contributed by atoms with Crippen molar-refractivity contribution < 1.29 is 15.3 Å². The highest BCUT2D eigenvalue weighted by atomic mass is 16.3. The second-order valence-electron chi connectivity index (χ2n) is 4.77. The van der Waals surface area contributed by atoms with Gasteiger partial charge in [-0.15, -0.1) is 0 Å². The number of aryl methyl sites for hydroxylation is 1.